The van der Waals surface area contributed by atoms with Crippen LogP contribution < -0.4 is 10.0 Å². The normalized spacial score (nSPS) is 15.1. The van der Waals surface area contributed by atoms with Crippen molar-refractivity contribution < 1.29 is 23.1 Å². The highest BCUT2D eigenvalue weighted by atomic mass is 32.2. The summed E-state index contributed by atoms with van der Waals surface area (Å²) in [6.45, 7) is 0.383. The minimum Gasteiger partial charge on any atom is -0.479 e. The number of rotatable bonds is 8. The first kappa shape index (κ1) is 19.1. The summed E-state index contributed by atoms with van der Waals surface area (Å²) in [5.41, 5.74) is 0.500. The zero-order chi connectivity index (χ0) is 19.4. The molecule has 1 aliphatic rings. The van der Waals surface area contributed by atoms with Gasteiger partial charge in [-0.05, 0) is 42.5 Å². The van der Waals surface area contributed by atoms with Gasteiger partial charge in [-0.3, -0.25) is 4.79 Å². The molecule has 0 radical (unpaired) electrons. The first-order valence-corrected chi connectivity index (χ1v) is 10.0. The maximum Gasteiger partial charge on any atom is 0.330 e. The van der Waals surface area contributed by atoms with Crippen molar-refractivity contribution in [1.82, 2.24) is 10.0 Å². The number of carboxylic acid groups (broad SMARTS) is 1. The molecule has 7 nitrogen and oxygen atoms in total. The molecule has 8 heteroatoms. The molecule has 2 aromatic rings. The van der Waals surface area contributed by atoms with Gasteiger partial charge >= 0.3 is 5.97 Å². The maximum atomic E-state index is 12.5. The lowest BCUT2D eigenvalue weighted by Crippen LogP contribution is -2.34. The number of benzene rings is 2. The van der Waals surface area contributed by atoms with Gasteiger partial charge in [-0.2, -0.15) is 0 Å². The number of aliphatic carboxylic acids is 1. The van der Waals surface area contributed by atoms with Gasteiger partial charge in [0.25, 0.3) is 5.91 Å². The molecule has 0 heterocycles. The van der Waals surface area contributed by atoms with Crippen molar-refractivity contribution in [1.29, 1.82) is 0 Å². The molecule has 1 amide bonds. The third-order valence-corrected chi connectivity index (χ3v) is 5.74. The Morgan fingerprint density at radius 3 is 2.41 bits per heavy atom. The SMILES string of the molecule is O=C(N[C@@H](C(=O)O)c1ccccc1)c1cccc(S(=O)(=O)NCC2CC2)c1. The van der Waals surface area contributed by atoms with E-state index in [1.807, 2.05) is 0 Å². The molecule has 0 saturated heterocycles. The fourth-order valence-corrected chi connectivity index (χ4v) is 3.75. The minimum atomic E-state index is -3.71. The van der Waals surface area contributed by atoms with Crippen LogP contribution >= 0.6 is 0 Å². The van der Waals surface area contributed by atoms with Gasteiger partial charge in [-0.25, -0.2) is 17.9 Å². The molecule has 142 valence electrons. The molecule has 1 aliphatic carbocycles. The fraction of sp³-hybridized carbons (Fsp3) is 0.263. The monoisotopic (exact) mass is 388 g/mol. The zero-order valence-electron chi connectivity index (χ0n) is 14.5. The lowest BCUT2D eigenvalue weighted by Gasteiger charge is -2.15. The number of hydrogen-bond acceptors (Lipinski definition) is 4. The van der Waals surface area contributed by atoms with E-state index in [9.17, 15) is 23.1 Å². The second-order valence-electron chi connectivity index (χ2n) is 6.48. The fourth-order valence-electron chi connectivity index (χ4n) is 2.58. The van der Waals surface area contributed by atoms with Crippen LogP contribution in [0.3, 0.4) is 0 Å². The summed E-state index contributed by atoms with van der Waals surface area (Å²) >= 11 is 0. The largest absolute Gasteiger partial charge is 0.479 e. The molecule has 1 fully saturated rings. The van der Waals surface area contributed by atoms with E-state index >= 15 is 0 Å². The topological polar surface area (TPSA) is 113 Å². The number of carboxylic acids is 1. The van der Waals surface area contributed by atoms with E-state index in [-0.39, 0.29) is 10.5 Å². The van der Waals surface area contributed by atoms with E-state index in [0.29, 0.717) is 18.0 Å². The van der Waals surface area contributed by atoms with Crippen molar-refractivity contribution >= 4 is 21.9 Å². The van der Waals surface area contributed by atoms with Crippen LogP contribution in [0.5, 0.6) is 0 Å². The summed E-state index contributed by atoms with van der Waals surface area (Å²) < 4.78 is 27.2. The highest BCUT2D eigenvalue weighted by molar-refractivity contribution is 7.89. The van der Waals surface area contributed by atoms with Crippen LogP contribution in [0.1, 0.15) is 34.8 Å². The van der Waals surface area contributed by atoms with Crippen molar-refractivity contribution in [3.05, 3.63) is 65.7 Å². The predicted molar refractivity (Wildman–Crippen MR) is 98.6 cm³/mol. The molecular weight excluding hydrogens is 368 g/mol. The Kier molecular flexibility index (Phi) is 5.57. The Hall–Kier alpha value is -2.71. The molecule has 0 bridgehead atoms. The first-order valence-electron chi connectivity index (χ1n) is 8.55. The van der Waals surface area contributed by atoms with Gasteiger partial charge in [0.05, 0.1) is 4.90 Å². The average molecular weight is 388 g/mol. The van der Waals surface area contributed by atoms with Gasteiger partial charge < -0.3 is 10.4 Å². The van der Waals surface area contributed by atoms with Crippen LogP contribution in [0, 0.1) is 5.92 Å². The minimum absolute atomic E-state index is 0.0256. The standard InChI is InChI=1S/C19H20N2O5S/c22-18(21-17(19(23)24)14-5-2-1-3-6-14)15-7-4-8-16(11-15)27(25,26)20-12-13-9-10-13/h1-8,11,13,17,20H,9-10,12H2,(H,21,22)(H,23,24)/t17-/m1/s1. The van der Waals surface area contributed by atoms with E-state index in [4.69, 9.17) is 0 Å². The number of sulfonamides is 1. The highest BCUT2D eigenvalue weighted by Crippen LogP contribution is 2.28. The summed E-state index contributed by atoms with van der Waals surface area (Å²) in [5, 5.41) is 11.8. The average Bonchev–Trinajstić information content (AvgIpc) is 3.49. The number of nitrogens with one attached hydrogen (secondary N) is 2. The van der Waals surface area contributed by atoms with Crippen LogP contribution in [-0.4, -0.2) is 31.9 Å². The van der Waals surface area contributed by atoms with Gasteiger partial charge in [0.2, 0.25) is 10.0 Å². The third-order valence-electron chi connectivity index (χ3n) is 4.32. The van der Waals surface area contributed by atoms with E-state index < -0.39 is 27.9 Å². The maximum absolute atomic E-state index is 12.5. The molecule has 0 unspecified atom stereocenters. The van der Waals surface area contributed by atoms with Crippen molar-refractivity contribution in [2.75, 3.05) is 6.54 Å². The second-order valence-corrected chi connectivity index (χ2v) is 8.25. The quantitative estimate of drug-likeness (QED) is 0.640. The Bertz CT molecular complexity index is 940. The molecule has 2 aromatic carbocycles. The summed E-state index contributed by atoms with van der Waals surface area (Å²) in [7, 11) is -3.71. The zero-order valence-corrected chi connectivity index (χ0v) is 15.3. The Balaban J connectivity index is 1.77. The third kappa shape index (κ3) is 4.93. The van der Waals surface area contributed by atoms with Crippen molar-refractivity contribution in [3.8, 4) is 0 Å². The lowest BCUT2D eigenvalue weighted by molar-refractivity contribution is -0.139. The molecule has 0 aromatic heterocycles. The van der Waals surface area contributed by atoms with E-state index in [1.54, 1.807) is 30.3 Å². The van der Waals surface area contributed by atoms with Crippen LogP contribution in [-0.2, 0) is 14.8 Å². The first-order chi connectivity index (χ1) is 12.9. The van der Waals surface area contributed by atoms with Gasteiger partial charge in [0, 0.05) is 12.1 Å². The number of carbonyl (C=O) groups is 2. The number of amides is 1. The van der Waals surface area contributed by atoms with E-state index in [2.05, 4.69) is 10.0 Å². The van der Waals surface area contributed by atoms with Crippen molar-refractivity contribution in [2.45, 2.75) is 23.8 Å². The number of hydrogen-bond donors (Lipinski definition) is 3. The molecule has 0 aliphatic heterocycles. The van der Waals surface area contributed by atoms with E-state index in [0.717, 1.165) is 12.8 Å². The van der Waals surface area contributed by atoms with Gasteiger partial charge in [0.15, 0.2) is 6.04 Å². The predicted octanol–water partition coefficient (Wildman–Crippen LogP) is 1.93. The summed E-state index contributed by atoms with van der Waals surface area (Å²) in [6.07, 6.45) is 2.03. The van der Waals surface area contributed by atoms with Gasteiger partial charge in [0.1, 0.15) is 0 Å². The van der Waals surface area contributed by atoms with Crippen molar-refractivity contribution in [3.63, 3.8) is 0 Å². The second kappa shape index (κ2) is 7.89. The summed E-state index contributed by atoms with van der Waals surface area (Å²) in [6, 6.07) is 12.6. The lowest BCUT2D eigenvalue weighted by atomic mass is 10.1. The molecule has 1 atom stereocenters. The van der Waals surface area contributed by atoms with E-state index in [1.165, 1.54) is 24.3 Å². The van der Waals surface area contributed by atoms with Crippen LogP contribution in [0.4, 0.5) is 0 Å². The number of carbonyl (C=O) groups excluding carboxylic acids is 1. The van der Waals surface area contributed by atoms with Crippen LogP contribution in [0.25, 0.3) is 0 Å². The summed E-state index contributed by atoms with van der Waals surface area (Å²) in [4.78, 5) is 24.0. The molecular formula is C19H20N2O5S. The van der Waals surface area contributed by atoms with Crippen molar-refractivity contribution in [2.24, 2.45) is 5.92 Å². The van der Waals surface area contributed by atoms with Gasteiger partial charge in [-0.1, -0.05) is 36.4 Å². The Morgan fingerprint density at radius 1 is 1.07 bits per heavy atom. The molecule has 1 saturated carbocycles. The van der Waals surface area contributed by atoms with Gasteiger partial charge in [-0.15, -0.1) is 0 Å². The summed E-state index contributed by atoms with van der Waals surface area (Å²) in [5.74, 6) is -1.48. The highest BCUT2D eigenvalue weighted by Gasteiger charge is 2.26. The van der Waals surface area contributed by atoms with Crippen LogP contribution in [0.15, 0.2) is 59.5 Å². The smallest absolute Gasteiger partial charge is 0.330 e. The molecule has 3 rings (SSSR count). The molecule has 0 spiro atoms. The van der Waals surface area contributed by atoms with Crippen LogP contribution in [0.2, 0.25) is 0 Å². The Labute approximate surface area is 157 Å². The Morgan fingerprint density at radius 2 is 1.78 bits per heavy atom. The molecule has 3 N–H and O–H groups in total. The molecule has 27 heavy (non-hydrogen) atoms.